The van der Waals surface area contributed by atoms with E-state index in [1.807, 2.05) is 12.1 Å². The fourth-order valence-corrected chi connectivity index (χ4v) is 3.51. The van der Waals surface area contributed by atoms with Crippen LogP contribution in [0.25, 0.3) is 0 Å². The molecule has 30 heavy (non-hydrogen) atoms. The van der Waals surface area contributed by atoms with Gasteiger partial charge < -0.3 is 25.2 Å². The molecule has 0 saturated carbocycles. The maximum Gasteiger partial charge on any atom is 0.255 e. The molecule has 4 rings (SSSR count). The van der Waals surface area contributed by atoms with Gasteiger partial charge in [-0.15, -0.1) is 0 Å². The molecule has 0 spiro atoms. The van der Waals surface area contributed by atoms with Crippen molar-refractivity contribution >= 4 is 17.5 Å². The molecule has 3 N–H and O–H groups in total. The SMILES string of the molecule is COc1ccc(C2C(C(=O)Nc3ccccc3OC)=C(C)Nc3ncnn32)cc1O. The zero-order valence-electron chi connectivity index (χ0n) is 16.7. The quantitative estimate of drug-likeness (QED) is 0.596. The van der Waals surface area contributed by atoms with Gasteiger partial charge in [-0.1, -0.05) is 18.2 Å². The molecule has 0 fully saturated rings. The number of nitrogens with one attached hydrogen (secondary N) is 2. The number of fused-ring (bicyclic) bond motifs is 1. The van der Waals surface area contributed by atoms with Crippen LogP contribution in [0, 0.1) is 0 Å². The minimum Gasteiger partial charge on any atom is -0.504 e. The van der Waals surface area contributed by atoms with Crippen LogP contribution in [-0.2, 0) is 4.79 Å². The number of allylic oxidation sites excluding steroid dienone is 1. The molecule has 1 amide bonds. The zero-order valence-corrected chi connectivity index (χ0v) is 16.7. The molecular formula is C21H21N5O4. The number of phenolic OH excluding ortho intramolecular Hbond substituents is 1. The van der Waals surface area contributed by atoms with Gasteiger partial charge in [0.2, 0.25) is 5.95 Å². The second kappa shape index (κ2) is 7.78. The third-order valence-electron chi connectivity index (χ3n) is 4.91. The maximum absolute atomic E-state index is 13.4. The van der Waals surface area contributed by atoms with Crippen LogP contribution in [0.15, 0.2) is 60.1 Å². The largest absolute Gasteiger partial charge is 0.504 e. The van der Waals surface area contributed by atoms with E-state index in [1.54, 1.807) is 49.0 Å². The summed E-state index contributed by atoms with van der Waals surface area (Å²) in [5.74, 6) is 1.03. The first-order chi connectivity index (χ1) is 14.5. The van der Waals surface area contributed by atoms with Crippen molar-refractivity contribution in [1.82, 2.24) is 14.8 Å². The Hall–Kier alpha value is -4.01. The van der Waals surface area contributed by atoms with Gasteiger partial charge in [0, 0.05) is 5.70 Å². The molecule has 3 aromatic rings. The van der Waals surface area contributed by atoms with Crippen molar-refractivity contribution in [3.05, 3.63) is 65.6 Å². The highest BCUT2D eigenvalue weighted by Crippen LogP contribution is 2.38. The lowest BCUT2D eigenvalue weighted by Crippen LogP contribution is -2.31. The van der Waals surface area contributed by atoms with E-state index in [4.69, 9.17) is 9.47 Å². The van der Waals surface area contributed by atoms with Crippen molar-refractivity contribution in [2.45, 2.75) is 13.0 Å². The molecule has 9 heteroatoms. The number of phenols is 1. The monoisotopic (exact) mass is 407 g/mol. The lowest BCUT2D eigenvalue weighted by atomic mass is 9.94. The van der Waals surface area contributed by atoms with Crippen molar-refractivity contribution in [2.75, 3.05) is 24.9 Å². The number of carbonyl (C=O) groups excluding carboxylic acids is 1. The number of benzene rings is 2. The summed E-state index contributed by atoms with van der Waals surface area (Å²) in [6, 6.07) is 11.6. The van der Waals surface area contributed by atoms with Gasteiger partial charge in [0.05, 0.1) is 25.5 Å². The summed E-state index contributed by atoms with van der Waals surface area (Å²) < 4.78 is 12.1. The molecular weight excluding hydrogens is 386 g/mol. The van der Waals surface area contributed by atoms with Crippen LogP contribution >= 0.6 is 0 Å². The number of hydrogen-bond donors (Lipinski definition) is 3. The number of carbonyl (C=O) groups is 1. The highest BCUT2D eigenvalue weighted by Gasteiger charge is 2.34. The van der Waals surface area contributed by atoms with Gasteiger partial charge in [0.15, 0.2) is 11.5 Å². The molecule has 0 radical (unpaired) electrons. The number of aromatic nitrogens is 3. The number of aromatic hydroxyl groups is 1. The van der Waals surface area contributed by atoms with Crippen LogP contribution < -0.4 is 20.1 Å². The summed E-state index contributed by atoms with van der Waals surface area (Å²) in [6.07, 6.45) is 1.41. The van der Waals surface area contributed by atoms with Crippen LogP contribution in [0.3, 0.4) is 0 Å². The molecule has 2 heterocycles. The number of para-hydroxylation sites is 2. The van der Waals surface area contributed by atoms with Crippen molar-refractivity contribution in [3.63, 3.8) is 0 Å². The first-order valence-electron chi connectivity index (χ1n) is 9.22. The minimum atomic E-state index is -0.602. The Bertz CT molecular complexity index is 1140. The Kier molecular flexibility index (Phi) is 5.01. The maximum atomic E-state index is 13.4. The number of ether oxygens (including phenoxy) is 2. The summed E-state index contributed by atoms with van der Waals surface area (Å²) in [6.45, 7) is 1.80. The summed E-state index contributed by atoms with van der Waals surface area (Å²) in [7, 11) is 3.02. The molecule has 9 nitrogen and oxygen atoms in total. The Morgan fingerprint density at radius 1 is 1.17 bits per heavy atom. The fourth-order valence-electron chi connectivity index (χ4n) is 3.51. The average molecular weight is 407 g/mol. The number of hydrogen-bond acceptors (Lipinski definition) is 7. The van der Waals surface area contributed by atoms with Gasteiger partial charge in [-0.2, -0.15) is 10.1 Å². The van der Waals surface area contributed by atoms with Crippen LogP contribution in [0.4, 0.5) is 11.6 Å². The van der Waals surface area contributed by atoms with Gasteiger partial charge in [-0.05, 0) is 36.8 Å². The Labute approximate surface area is 173 Å². The topological polar surface area (TPSA) is 111 Å². The second-order valence-corrected chi connectivity index (χ2v) is 6.68. The molecule has 1 atom stereocenters. The third-order valence-corrected chi connectivity index (χ3v) is 4.91. The highest BCUT2D eigenvalue weighted by molar-refractivity contribution is 6.06. The number of nitrogens with zero attached hydrogens (tertiary/aromatic N) is 3. The molecule has 1 aliphatic heterocycles. The fraction of sp³-hybridized carbons (Fsp3) is 0.190. The molecule has 0 aliphatic carbocycles. The van der Waals surface area contributed by atoms with E-state index >= 15 is 0 Å². The summed E-state index contributed by atoms with van der Waals surface area (Å²) in [5.41, 5.74) is 2.27. The van der Waals surface area contributed by atoms with E-state index in [-0.39, 0.29) is 11.7 Å². The number of rotatable bonds is 5. The molecule has 154 valence electrons. The Morgan fingerprint density at radius 3 is 2.67 bits per heavy atom. The van der Waals surface area contributed by atoms with E-state index in [0.29, 0.717) is 40.0 Å². The Morgan fingerprint density at radius 2 is 1.93 bits per heavy atom. The van der Waals surface area contributed by atoms with Crippen LogP contribution in [0.1, 0.15) is 18.5 Å². The predicted molar refractivity (Wildman–Crippen MR) is 111 cm³/mol. The molecule has 0 bridgehead atoms. The van der Waals surface area contributed by atoms with E-state index in [9.17, 15) is 9.90 Å². The normalized spacial score (nSPS) is 15.2. The zero-order chi connectivity index (χ0) is 21.3. The second-order valence-electron chi connectivity index (χ2n) is 6.68. The van der Waals surface area contributed by atoms with E-state index in [0.717, 1.165) is 0 Å². The van der Waals surface area contributed by atoms with E-state index in [1.165, 1.54) is 13.4 Å². The standard InChI is InChI=1S/C21H21N5O4/c1-12-18(20(28)25-14-6-4-5-7-16(14)29-2)19(26-21(24-12)22-11-23-26)13-8-9-17(30-3)15(27)10-13/h4-11,19,27H,1-3H3,(H,25,28)(H,22,23,24). The summed E-state index contributed by atoms with van der Waals surface area (Å²) >= 11 is 0. The van der Waals surface area contributed by atoms with Crippen LogP contribution in [-0.4, -0.2) is 40.0 Å². The van der Waals surface area contributed by atoms with Gasteiger partial charge in [-0.25, -0.2) is 4.68 Å². The third kappa shape index (κ3) is 3.30. The number of anilines is 2. The number of methoxy groups -OCH3 is 2. The molecule has 2 aromatic carbocycles. The summed E-state index contributed by atoms with van der Waals surface area (Å²) in [4.78, 5) is 17.6. The lowest BCUT2D eigenvalue weighted by molar-refractivity contribution is -0.113. The van der Waals surface area contributed by atoms with Crippen LogP contribution in [0.2, 0.25) is 0 Å². The Balaban J connectivity index is 1.78. The molecule has 1 aromatic heterocycles. The van der Waals surface area contributed by atoms with Gasteiger partial charge >= 0.3 is 0 Å². The van der Waals surface area contributed by atoms with Gasteiger partial charge in [-0.3, -0.25) is 4.79 Å². The average Bonchev–Trinajstić information content (AvgIpc) is 3.21. The number of amides is 1. The molecule has 1 aliphatic rings. The predicted octanol–water partition coefficient (Wildman–Crippen LogP) is 2.93. The minimum absolute atomic E-state index is 0.0302. The lowest BCUT2D eigenvalue weighted by Gasteiger charge is -2.29. The van der Waals surface area contributed by atoms with Crippen LogP contribution in [0.5, 0.6) is 17.2 Å². The highest BCUT2D eigenvalue weighted by atomic mass is 16.5. The van der Waals surface area contributed by atoms with Crippen molar-refractivity contribution in [3.8, 4) is 17.2 Å². The van der Waals surface area contributed by atoms with Crippen molar-refractivity contribution in [2.24, 2.45) is 0 Å². The van der Waals surface area contributed by atoms with Crippen molar-refractivity contribution in [1.29, 1.82) is 0 Å². The molecule has 0 saturated heterocycles. The smallest absolute Gasteiger partial charge is 0.255 e. The van der Waals surface area contributed by atoms with Gasteiger partial charge in [0.25, 0.3) is 5.91 Å². The van der Waals surface area contributed by atoms with Crippen molar-refractivity contribution < 1.29 is 19.4 Å². The summed E-state index contributed by atoms with van der Waals surface area (Å²) in [5, 5.41) is 20.6. The molecule has 1 unspecified atom stereocenters. The van der Waals surface area contributed by atoms with Gasteiger partial charge in [0.1, 0.15) is 18.1 Å². The van der Waals surface area contributed by atoms with E-state index < -0.39 is 6.04 Å². The van der Waals surface area contributed by atoms with E-state index in [2.05, 4.69) is 20.7 Å². The first kappa shape index (κ1) is 19.3. The first-order valence-corrected chi connectivity index (χ1v) is 9.22.